The summed E-state index contributed by atoms with van der Waals surface area (Å²) in [7, 11) is 0. The second-order valence-electron chi connectivity index (χ2n) is 8.24. The van der Waals surface area contributed by atoms with E-state index in [1.807, 2.05) is 18.2 Å². The minimum Gasteiger partial charge on any atom is -0.323 e. The molecular formula is C23H22N4O4. The van der Waals surface area contributed by atoms with Crippen LogP contribution in [0.25, 0.3) is 0 Å². The highest BCUT2D eigenvalue weighted by Crippen LogP contribution is 2.31. The third-order valence-electron chi connectivity index (χ3n) is 6.36. The van der Waals surface area contributed by atoms with Crippen LogP contribution in [0.3, 0.4) is 0 Å². The van der Waals surface area contributed by atoms with Crippen LogP contribution < -0.4 is 16.4 Å². The van der Waals surface area contributed by atoms with Gasteiger partial charge in [0.05, 0.1) is 11.1 Å². The summed E-state index contributed by atoms with van der Waals surface area (Å²) in [6.45, 7) is 0.500. The van der Waals surface area contributed by atoms with Gasteiger partial charge in [-0.25, -0.2) is 0 Å². The van der Waals surface area contributed by atoms with Gasteiger partial charge in [0.2, 0.25) is 11.8 Å². The number of carbonyl (C=O) groups excluding carboxylic acids is 4. The molecule has 2 aromatic rings. The third-order valence-corrected chi connectivity index (χ3v) is 6.36. The molecule has 31 heavy (non-hydrogen) atoms. The van der Waals surface area contributed by atoms with Crippen LogP contribution >= 0.6 is 0 Å². The van der Waals surface area contributed by atoms with Crippen LogP contribution in [0.4, 0.5) is 0 Å². The van der Waals surface area contributed by atoms with Crippen LogP contribution in [0.15, 0.2) is 42.5 Å². The van der Waals surface area contributed by atoms with Crippen molar-refractivity contribution < 1.29 is 19.2 Å². The first kappa shape index (κ1) is 19.6. The van der Waals surface area contributed by atoms with Gasteiger partial charge in [0, 0.05) is 25.0 Å². The van der Waals surface area contributed by atoms with Crippen LogP contribution in [0, 0.1) is 0 Å². The summed E-state index contributed by atoms with van der Waals surface area (Å²) in [5.41, 5.74) is 10.2. The van der Waals surface area contributed by atoms with Crippen LogP contribution in [-0.2, 0) is 22.6 Å². The molecule has 1 fully saturated rings. The number of hydrogen-bond acceptors (Lipinski definition) is 6. The van der Waals surface area contributed by atoms with Crippen LogP contribution in [-0.4, -0.2) is 40.6 Å². The minimum atomic E-state index is -0.957. The Morgan fingerprint density at radius 1 is 1.03 bits per heavy atom. The monoisotopic (exact) mass is 418 g/mol. The van der Waals surface area contributed by atoms with Crippen molar-refractivity contribution in [2.24, 2.45) is 5.73 Å². The SMILES string of the molecule is N[C@@H]1c2ccccc2C[C@H]1NCc1ccc2c(c1)C(=O)N(C1CCC(=O)NC1=O)C2=O. The van der Waals surface area contributed by atoms with Gasteiger partial charge in [-0.2, -0.15) is 0 Å². The summed E-state index contributed by atoms with van der Waals surface area (Å²) in [5.74, 6) is -2.00. The number of rotatable bonds is 4. The van der Waals surface area contributed by atoms with Crippen LogP contribution in [0.5, 0.6) is 0 Å². The zero-order chi connectivity index (χ0) is 21.7. The Morgan fingerprint density at radius 2 is 1.81 bits per heavy atom. The summed E-state index contributed by atoms with van der Waals surface area (Å²) in [4.78, 5) is 50.3. The molecule has 0 spiro atoms. The first-order valence-corrected chi connectivity index (χ1v) is 10.4. The summed E-state index contributed by atoms with van der Waals surface area (Å²) < 4.78 is 0. The highest BCUT2D eigenvalue weighted by Gasteiger charge is 2.44. The van der Waals surface area contributed by atoms with E-state index in [9.17, 15) is 19.2 Å². The Hall–Kier alpha value is -3.36. The number of imide groups is 2. The van der Waals surface area contributed by atoms with Crippen molar-refractivity contribution in [1.82, 2.24) is 15.5 Å². The fourth-order valence-electron chi connectivity index (χ4n) is 4.70. The van der Waals surface area contributed by atoms with Crippen molar-refractivity contribution >= 4 is 23.6 Å². The van der Waals surface area contributed by atoms with Crippen molar-refractivity contribution in [3.05, 3.63) is 70.3 Å². The average Bonchev–Trinajstić information content (AvgIpc) is 3.21. The van der Waals surface area contributed by atoms with E-state index in [2.05, 4.69) is 16.7 Å². The Morgan fingerprint density at radius 3 is 2.58 bits per heavy atom. The lowest BCUT2D eigenvalue weighted by molar-refractivity contribution is -0.136. The molecule has 0 aromatic heterocycles. The maximum atomic E-state index is 12.9. The lowest BCUT2D eigenvalue weighted by Crippen LogP contribution is -2.54. The molecule has 1 unspecified atom stereocenters. The standard InChI is InChI=1S/C23H22N4O4/c24-20-14-4-2-1-3-13(14)10-17(20)25-11-12-5-6-15-16(9-12)23(31)27(22(15)30)18-7-8-19(28)26-21(18)29/h1-6,9,17-18,20,25H,7-8,10-11,24H2,(H,26,28,29)/t17-,18?,20-/m1/s1. The van der Waals surface area contributed by atoms with Gasteiger partial charge in [0.15, 0.2) is 0 Å². The number of amides is 4. The number of hydrogen-bond donors (Lipinski definition) is 3. The molecule has 4 amide bonds. The highest BCUT2D eigenvalue weighted by atomic mass is 16.2. The maximum Gasteiger partial charge on any atom is 0.262 e. The molecule has 8 heteroatoms. The van der Waals surface area contributed by atoms with E-state index in [1.54, 1.807) is 18.2 Å². The van der Waals surface area contributed by atoms with E-state index in [0.29, 0.717) is 6.54 Å². The Bertz CT molecular complexity index is 1130. The second-order valence-corrected chi connectivity index (χ2v) is 8.24. The molecule has 3 atom stereocenters. The summed E-state index contributed by atoms with van der Waals surface area (Å²) in [5, 5.41) is 5.66. The smallest absolute Gasteiger partial charge is 0.262 e. The van der Waals surface area contributed by atoms with E-state index < -0.39 is 29.7 Å². The van der Waals surface area contributed by atoms with E-state index in [-0.39, 0.29) is 36.1 Å². The zero-order valence-electron chi connectivity index (χ0n) is 16.8. The first-order chi connectivity index (χ1) is 14.9. The number of benzene rings is 2. The molecule has 1 aliphatic carbocycles. The molecule has 0 bridgehead atoms. The Kier molecular flexibility index (Phi) is 4.68. The second kappa shape index (κ2) is 7.40. The first-order valence-electron chi connectivity index (χ1n) is 10.4. The number of carbonyl (C=O) groups is 4. The molecule has 0 saturated carbocycles. The van der Waals surface area contributed by atoms with Gasteiger partial charge < -0.3 is 11.1 Å². The molecule has 5 rings (SSSR count). The van der Waals surface area contributed by atoms with Gasteiger partial charge in [-0.15, -0.1) is 0 Å². The van der Waals surface area contributed by atoms with Crippen molar-refractivity contribution in [2.45, 2.75) is 43.9 Å². The van der Waals surface area contributed by atoms with Gasteiger partial charge in [-0.3, -0.25) is 29.4 Å². The molecule has 2 heterocycles. The van der Waals surface area contributed by atoms with Crippen molar-refractivity contribution in [3.8, 4) is 0 Å². The highest BCUT2D eigenvalue weighted by molar-refractivity contribution is 6.23. The van der Waals surface area contributed by atoms with Gasteiger partial charge in [0.25, 0.3) is 11.8 Å². The third kappa shape index (κ3) is 3.24. The maximum absolute atomic E-state index is 12.9. The van der Waals surface area contributed by atoms with Crippen molar-refractivity contribution in [1.29, 1.82) is 0 Å². The molecule has 2 aliphatic heterocycles. The number of nitrogens with one attached hydrogen (secondary N) is 2. The van der Waals surface area contributed by atoms with Gasteiger partial charge in [0.1, 0.15) is 6.04 Å². The number of nitrogens with two attached hydrogens (primary N) is 1. The minimum absolute atomic E-state index is 0.0861. The molecule has 3 aliphatic rings. The summed E-state index contributed by atoms with van der Waals surface area (Å²) in [6, 6.07) is 12.3. The van der Waals surface area contributed by atoms with Crippen molar-refractivity contribution in [3.63, 3.8) is 0 Å². The van der Waals surface area contributed by atoms with Crippen LogP contribution in [0.1, 0.15) is 56.3 Å². The summed E-state index contributed by atoms with van der Waals surface area (Å²) in [6.07, 6.45) is 1.08. The number of fused-ring (bicyclic) bond motifs is 2. The predicted octanol–water partition coefficient (Wildman–Crippen LogP) is 0.802. The average molecular weight is 418 g/mol. The van der Waals surface area contributed by atoms with E-state index in [0.717, 1.165) is 22.4 Å². The Balaban J connectivity index is 1.31. The summed E-state index contributed by atoms with van der Waals surface area (Å²) >= 11 is 0. The number of piperidine rings is 1. The fraction of sp³-hybridized carbons (Fsp3) is 0.304. The van der Waals surface area contributed by atoms with E-state index >= 15 is 0 Å². The Labute approximate surface area is 178 Å². The lowest BCUT2D eigenvalue weighted by Gasteiger charge is -2.27. The topological polar surface area (TPSA) is 122 Å². The molecule has 4 N–H and O–H groups in total. The van der Waals surface area contributed by atoms with E-state index in [4.69, 9.17) is 5.73 Å². The molecule has 1 saturated heterocycles. The molecular weight excluding hydrogens is 396 g/mol. The fourth-order valence-corrected chi connectivity index (χ4v) is 4.70. The quantitative estimate of drug-likeness (QED) is 0.632. The normalized spacial score (nSPS) is 24.9. The molecule has 2 aromatic carbocycles. The van der Waals surface area contributed by atoms with Gasteiger partial charge in [-0.05, 0) is 41.7 Å². The predicted molar refractivity (Wildman–Crippen MR) is 111 cm³/mol. The molecule has 158 valence electrons. The molecule has 0 radical (unpaired) electrons. The molecule has 8 nitrogen and oxygen atoms in total. The van der Waals surface area contributed by atoms with Crippen molar-refractivity contribution in [2.75, 3.05) is 0 Å². The number of nitrogens with zero attached hydrogens (tertiary/aromatic N) is 1. The van der Waals surface area contributed by atoms with Gasteiger partial charge >= 0.3 is 0 Å². The lowest BCUT2D eigenvalue weighted by atomic mass is 10.0. The van der Waals surface area contributed by atoms with Crippen LogP contribution in [0.2, 0.25) is 0 Å². The van der Waals surface area contributed by atoms with E-state index in [1.165, 1.54) is 5.56 Å². The van der Waals surface area contributed by atoms with Gasteiger partial charge in [-0.1, -0.05) is 30.3 Å². The zero-order valence-corrected chi connectivity index (χ0v) is 16.8. The largest absolute Gasteiger partial charge is 0.323 e.